The summed E-state index contributed by atoms with van der Waals surface area (Å²) in [6.45, 7) is 2.14. The Morgan fingerprint density at radius 2 is 2.00 bits per heavy atom. The number of allylic oxidation sites excluding steroid dienone is 1. The summed E-state index contributed by atoms with van der Waals surface area (Å²) in [7, 11) is 3.83. The molecule has 0 aliphatic carbocycles. The molecule has 118 valence electrons. The number of nitrogens with zero attached hydrogens (tertiary/aromatic N) is 3. The van der Waals surface area contributed by atoms with Crippen LogP contribution in [-0.4, -0.2) is 34.0 Å². The van der Waals surface area contributed by atoms with Crippen molar-refractivity contribution in [1.82, 2.24) is 9.55 Å². The van der Waals surface area contributed by atoms with Crippen molar-refractivity contribution in [3.63, 3.8) is 0 Å². The van der Waals surface area contributed by atoms with Gasteiger partial charge in [0, 0.05) is 11.6 Å². The fraction of sp³-hybridized carbons (Fsp3) is 0.200. The van der Waals surface area contributed by atoms with E-state index in [1.807, 2.05) is 6.07 Å². The molecule has 3 aromatic rings. The summed E-state index contributed by atoms with van der Waals surface area (Å²) in [4.78, 5) is 4.93. The summed E-state index contributed by atoms with van der Waals surface area (Å²) in [6, 6.07) is 12.5. The van der Waals surface area contributed by atoms with E-state index < -0.39 is 0 Å². The molecule has 0 spiro atoms. The van der Waals surface area contributed by atoms with Crippen molar-refractivity contribution in [3.05, 3.63) is 65.6 Å². The number of methoxy groups -OCH3 is 1. The Morgan fingerprint density at radius 1 is 1.17 bits per heavy atom. The van der Waals surface area contributed by atoms with E-state index in [-0.39, 0.29) is 5.92 Å². The largest absolute Gasteiger partial charge is 0.496 e. The molecule has 2 aromatic carbocycles. The molecule has 4 nitrogen and oxygen atoms in total. The van der Waals surface area contributed by atoms with Crippen LogP contribution in [0.25, 0.3) is 16.7 Å². The normalized spacial score (nSPS) is 17.9. The van der Waals surface area contributed by atoms with Crippen LogP contribution in [0.3, 0.4) is 0 Å². The molecule has 1 aromatic heterocycles. The van der Waals surface area contributed by atoms with Crippen LogP contribution in [0.2, 0.25) is 0 Å². The second kappa shape index (κ2) is 4.57. The average molecular weight is 316 g/mol. The van der Waals surface area contributed by atoms with Gasteiger partial charge in [-0.3, -0.25) is 4.57 Å². The van der Waals surface area contributed by atoms with Crippen LogP contribution < -0.4 is 4.74 Å². The monoisotopic (exact) mass is 316 g/mol. The molecule has 24 heavy (non-hydrogen) atoms. The van der Waals surface area contributed by atoms with Crippen molar-refractivity contribution in [2.75, 3.05) is 14.2 Å². The summed E-state index contributed by atoms with van der Waals surface area (Å²) in [6.07, 6.45) is 4.37. The summed E-state index contributed by atoms with van der Waals surface area (Å²) in [5.74, 6) is 2.19. The number of hydrogen-bond donors (Lipinski definition) is 0. The van der Waals surface area contributed by atoms with Gasteiger partial charge in [0.1, 0.15) is 24.5 Å². The molecule has 4 heteroatoms. The Kier molecular flexibility index (Phi) is 2.58. The van der Waals surface area contributed by atoms with E-state index in [1.165, 1.54) is 22.5 Å². The van der Waals surface area contributed by atoms with Crippen molar-refractivity contribution in [1.29, 1.82) is 0 Å². The van der Waals surface area contributed by atoms with Gasteiger partial charge in [0.15, 0.2) is 6.20 Å². The number of rotatable bonds is 1. The first kappa shape index (κ1) is 13.5. The number of fused-ring (bicyclic) bond motifs is 8. The summed E-state index contributed by atoms with van der Waals surface area (Å²) >= 11 is 0. The van der Waals surface area contributed by atoms with Crippen LogP contribution in [0.15, 0.2) is 48.7 Å². The molecule has 0 saturated heterocycles. The first-order valence-electron chi connectivity index (χ1n) is 8.14. The first-order valence-corrected chi connectivity index (χ1v) is 8.14. The van der Waals surface area contributed by atoms with Crippen molar-refractivity contribution < 1.29 is 9.31 Å². The minimum absolute atomic E-state index is 0.181. The standard InChI is InChI=1S/C20H18N3O/c1-12-17(24-3)9-8-16-18(12)19-13(10-11-22(19)2)20-21-14-6-4-5-7-15(14)23(16)20/h4-11,13H,1-3H3/q+1. The van der Waals surface area contributed by atoms with Crippen LogP contribution in [-0.2, 0) is 0 Å². The quantitative estimate of drug-likeness (QED) is 0.644. The molecule has 0 amide bonds. The Balaban J connectivity index is 1.97. The molecule has 3 heterocycles. The van der Waals surface area contributed by atoms with E-state index >= 15 is 0 Å². The highest BCUT2D eigenvalue weighted by Gasteiger charge is 2.41. The van der Waals surface area contributed by atoms with Crippen molar-refractivity contribution >= 4 is 16.7 Å². The Bertz CT molecular complexity index is 1070. The van der Waals surface area contributed by atoms with Crippen molar-refractivity contribution in [3.8, 4) is 11.4 Å². The van der Waals surface area contributed by atoms with Crippen LogP contribution in [0.1, 0.15) is 22.9 Å². The van der Waals surface area contributed by atoms with Gasteiger partial charge in [0.05, 0.1) is 29.4 Å². The Morgan fingerprint density at radius 3 is 2.83 bits per heavy atom. The number of ether oxygens (including phenoxy) is 1. The lowest BCUT2D eigenvalue weighted by Gasteiger charge is -2.24. The molecule has 0 N–H and O–H groups in total. The second-order valence-corrected chi connectivity index (χ2v) is 6.40. The van der Waals surface area contributed by atoms with Gasteiger partial charge in [-0.15, -0.1) is 0 Å². The van der Waals surface area contributed by atoms with Gasteiger partial charge in [-0.2, -0.15) is 0 Å². The number of benzene rings is 2. The lowest BCUT2D eigenvalue weighted by Crippen LogP contribution is -2.27. The SMILES string of the molecule is COc1ccc2c(c1C)C1=[N+](C)C=CC1c1nc3ccccc3n1-2. The van der Waals surface area contributed by atoms with E-state index in [0.717, 1.165) is 22.6 Å². The maximum absolute atomic E-state index is 5.57. The fourth-order valence-electron chi connectivity index (χ4n) is 4.06. The molecule has 2 aliphatic heterocycles. The Labute approximate surface area is 140 Å². The van der Waals surface area contributed by atoms with Gasteiger partial charge in [-0.1, -0.05) is 12.1 Å². The molecule has 2 aliphatic rings. The topological polar surface area (TPSA) is 30.1 Å². The lowest BCUT2D eigenvalue weighted by atomic mass is 9.88. The van der Waals surface area contributed by atoms with Gasteiger partial charge >= 0.3 is 0 Å². The van der Waals surface area contributed by atoms with Crippen molar-refractivity contribution in [2.45, 2.75) is 12.8 Å². The van der Waals surface area contributed by atoms with E-state index in [9.17, 15) is 0 Å². The molecular weight excluding hydrogens is 298 g/mol. The smallest absolute Gasteiger partial charge is 0.205 e. The molecule has 0 radical (unpaired) electrons. The summed E-state index contributed by atoms with van der Waals surface area (Å²) in [5, 5.41) is 0. The van der Waals surface area contributed by atoms with E-state index in [2.05, 4.69) is 65.7 Å². The van der Waals surface area contributed by atoms with Gasteiger partial charge < -0.3 is 4.74 Å². The second-order valence-electron chi connectivity index (χ2n) is 6.40. The highest BCUT2D eigenvalue weighted by Crippen LogP contribution is 2.41. The van der Waals surface area contributed by atoms with Gasteiger partial charge in [0.2, 0.25) is 5.71 Å². The van der Waals surface area contributed by atoms with Crippen LogP contribution in [0.5, 0.6) is 5.75 Å². The third-order valence-electron chi connectivity index (χ3n) is 5.15. The van der Waals surface area contributed by atoms with Crippen molar-refractivity contribution in [2.24, 2.45) is 0 Å². The summed E-state index contributed by atoms with van der Waals surface area (Å²) in [5.41, 5.74) is 7.08. The van der Waals surface area contributed by atoms with Crippen LogP contribution in [0.4, 0.5) is 0 Å². The zero-order chi connectivity index (χ0) is 16.4. The zero-order valence-corrected chi connectivity index (χ0v) is 13.9. The predicted octanol–water partition coefficient (Wildman–Crippen LogP) is 3.40. The first-order chi connectivity index (χ1) is 11.7. The van der Waals surface area contributed by atoms with Gasteiger partial charge in [0.25, 0.3) is 0 Å². The maximum atomic E-state index is 5.57. The molecular formula is C20H18N3O+. The van der Waals surface area contributed by atoms with E-state index in [4.69, 9.17) is 9.72 Å². The fourth-order valence-corrected chi connectivity index (χ4v) is 4.06. The predicted molar refractivity (Wildman–Crippen MR) is 94.5 cm³/mol. The third kappa shape index (κ3) is 1.53. The number of imidazole rings is 1. The highest BCUT2D eigenvalue weighted by molar-refractivity contribution is 6.10. The zero-order valence-electron chi connectivity index (χ0n) is 13.9. The minimum Gasteiger partial charge on any atom is -0.496 e. The minimum atomic E-state index is 0.181. The van der Waals surface area contributed by atoms with E-state index in [1.54, 1.807) is 7.11 Å². The van der Waals surface area contributed by atoms with E-state index in [0.29, 0.717) is 0 Å². The van der Waals surface area contributed by atoms with Crippen LogP contribution >= 0.6 is 0 Å². The maximum Gasteiger partial charge on any atom is 0.205 e. The van der Waals surface area contributed by atoms with Gasteiger partial charge in [-0.05, 0) is 31.2 Å². The number of aromatic nitrogens is 2. The molecule has 1 unspecified atom stereocenters. The Hall–Kier alpha value is -2.88. The molecule has 0 saturated carbocycles. The molecule has 0 bridgehead atoms. The van der Waals surface area contributed by atoms with Crippen LogP contribution in [0, 0.1) is 6.92 Å². The number of hydrogen-bond acceptors (Lipinski definition) is 2. The summed E-state index contributed by atoms with van der Waals surface area (Å²) < 4.78 is 10.1. The average Bonchev–Trinajstić information content (AvgIpc) is 3.16. The molecule has 0 fully saturated rings. The highest BCUT2D eigenvalue weighted by atomic mass is 16.5. The lowest BCUT2D eigenvalue weighted by molar-refractivity contribution is -0.418. The van der Waals surface area contributed by atoms with Gasteiger partial charge in [-0.25, -0.2) is 9.56 Å². The third-order valence-corrected chi connectivity index (χ3v) is 5.15. The molecule has 1 atom stereocenters. The number of para-hydroxylation sites is 2. The molecule has 5 rings (SSSR count).